The molecular formula is C32H28ClNO7S. The number of carbonyl (C=O) groups excluding carboxylic acids is 1. The highest BCUT2D eigenvalue weighted by molar-refractivity contribution is 7.92. The molecule has 4 aromatic carbocycles. The number of benzene rings is 4. The molecule has 0 radical (unpaired) electrons. The van der Waals surface area contributed by atoms with Gasteiger partial charge in [-0.2, -0.15) is 0 Å². The van der Waals surface area contributed by atoms with Crippen LogP contribution in [0, 0.1) is 0 Å². The van der Waals surface area contributed by atoms with E-state index in [1.165, 1.54) is 12.1 Å². The van der Waals surface area contributed by atoms with Crippen molar-refractivity contribution in [1.29, 1.82) is 0 Å². The maximum absolute atomic E-state index is 13.8. The summed E-state index contributed by atoms with van der Waals surface area (Å²) in [5, 5.41) is 11.6. The van der Waals surface area contributed by atoms with Crippen LogP contribution in [0.1, 0.15) is 24.8 Å². The van der Waals surface area contributed by atoms with Crippen LogP contribution < -0.4 is 10.1 Å². The number of carbonyl (C=O) groups is 2. The quantitative estimate of drug-likeness (QED) is 0.198. The number of halogens is 1. The highest BCUT2D eigenvalue weighted by Crippen LogP contribution is 2.53. The number of sulfone groups is 1. The number of carboxylic acid groups (broad SMARTS) is 1. The second-order valence-electron chi connectivity index (χ2n) is 9.87. The van der Waals surface area contributed by atoms with Crippen LogP contribution in [-0.4, -0.2) is 43.0 Å². The molecule has 1 fully saturated rings. The molecule has 0 bridgehead atoms. The lowest BCUT2D eigenvalue weighted by Crippen LogP contribution is -2.54. The lowest BCUT2D eigenvalue weighted by Gasteiger charge is -2.23. The molecule has 0 aliphatic heterocycles. The number of carboxylic acids is 1. The van der Waals surface area contributed by atoms with E-state index in [4.69, 9.17) is 21.1 Å². The van der Waals surface area contributed by atoms with Crippen molar-refractivity contribution in [2.75, 3.05) is 6.61 Å². The van der Waals surface area contributed by atoms with Crippen LogP contribution in [0.2, 0.25) is 5.02 Å². The molecule has 3 unspecified atom stereocenters. The zero-order chi connectivity index (χ0) is 29.9. The lowest BCUT2D eigenvalue weighted by molar-refractivity contribution is -0.145. The first-order valence-corrected chi connectivity index (χ1v) is 15.2. The summed E-state index contributed by atoms with van der Waals surface area (Å²) in [5.74, 6) is -1.85. The SMILES string of the molecule is CCOC(=O)C(NC1(C(=O)O)CC1c1cccc(Oc2ccccc2)c1)S(=O)(=O)c1ccc(-c2ccc(Cl)cc2)cc1. The predicted octanol–water partition coefficient (Wildman–Crippen LogP) is 6.06. The number of para-hydroxylation sites is 1. The smallest absolute Gasteiger partial charge is 0.339 e. The van der Waals surface area contributed by atoms with Crippen LogP contribution in [0.3, 0.4) is 0 Å². The first kappa shape index (κ1) is 29.3. The Kier molecular flexibility index (Phi) is 8.36. The second-order valence-corrected chi connectivity index (χ2v) is 12.3. The Bertz CT molecular complexity index is 1690. The third-order valence-corrected chi connectivity index (χ3v) is 9.25. The van der Waals surface area contributed by atoms with Crippen molar-refractivity contribution in [2.24, 2.45) is 0 Å². The molecule has 0 spiro atoms. The van der Waals surface area contributed by atoms with Gasteiger partial charge in [-0.05, 0) is 78.6 Å². The molecule has 0 amide bonds. The summed E-state index contributed by atoms with van der Waals surface area (Å²) in [6.07, 6.45) is 0.0675. The van der Waals surface area contributed by atoms with Crippen molar-refractivity contribution in [1.82, 2.24) is 5.32 Å². The van der Waals surface area contributed by atoms with Crippen LogP contribution in [-0.2, 0) is 24.2 Å². The third-order valence-electron chi connectivity index (χ3n) is 7.14. The molecule has 4 aromatic rings. The highest BCUT2D eigenvalue weighted by Gasteiger charge is 2.64. The number of esters is 1. The zero-order valence-electron chi connectivity index (χ0n) is 22.6. The van der Waals surface area contributed by atoms with Gasteiger partial charge in [0.05, 0.1) is 11.5 Å². The standard InChI is InChI=1S/C32H28ClNO7S/c1-2-40-30(35)29(42(38,39)27-17-13-22(14-18-27)21-11-15-24(33)16-12-21)34-32(31(36)37)20-28(32)23-7-6-10-26(19-23)41-25-8-4-3-5-9-25/h3-19,28-29,34H,2,20H2,1H3,(H,36,37). The van der Waals surface area contributed by atoms with E-state index in [1.807, 2.05) is 18.2 Å². The number of rotatable bonds is 11. The minimum atomic E-state index is -4.40. The van der Waals surface area contributed by atoms with Gasteiger partial charge in [0.25, 0.3) is 0 Å². The van der Waals surface area contributed by atoms with Gasteiger partial charge >= 0.3 is 11.9 Å². The monoisotopic (exact) mass is 605 g/mol. The van der Waals surface area contributed by atoms with Crippen molar-refractivity contribution in [2.45, 2.75) is 35.1 Å². The van der Waals surface area contributed by atoms with E-state index in [-0.39, 0.29) is 17.9 Å². The Morgan fingerprint density at radius 1 is 0.929 bits per heavy atom. The highest BCUT2D eigenvalue weighted by atomic mass is 35.5. The summed E-state index contributed by atoms with van der Waals surface area (Å²) in [5.41, 5.74) is 0.491. The van der Waals surface area contributed by atoms with Gasteiger partial charge in [-0.15, -0.1) is 0 Å². The summed E-state index contributed by atoms with van der Waals surface area (Å²) in [6, 6.07) is 29.1. The molecule has 3 atom stereocenters. The summed E-state index contributed by atoms with van der Waals surface area (Å²) < 4.78 is 38.5. The molecule has 1 aliphatic carbocycles. The number of hydrogen-bond acceptors (Lipinski definition) is 7. The normalized spacial score (nSPS) is 18.6. The zero-order valence-corrected chi connectivity index (χ0v) is 24.1. The number of aliphatic carboxylic acids is 1. The maximum atomic E-state index is 13.8. The van der Waals surface area contributed by atoms with E-state index < -0.39 is 38.6 Å². The van der Waals surface area contributed by atoms with Gasteiger partial charge < -0.3 is 14.6 Å². The Labute approximate surface area is 248 Å². The van der Waals surface area contributed by atoms with Gasteiger partial charge in [-0.3, -0.25) is 10.1 Å². The number of nitrogens with one attached hydrogen (secondary N) is 1. The fourth-order valence-electron chi connectivity index (χ4n) is 4.87. The first-order valence-electron chi connectivity index (χ1n) is 13.2. The maximum Gasteiger partial charge on any atom is 0.339 e. The molecule has 5 rings (SSSR count). The van der Waals surface area contributed by atoms with E-state index >= 15 is 0 Å². The van der Waals surface area contributed by atoms with Gasteiger partial charge in [0.15, 0.2) is 0 Å². The third kappa shape index (κ3) is 6.04. The van der Waals surface area contributed by atoms with Crippen LogP contribution in [0.25, 0.3) is 11.1 Å². The minimum Gasteiger partial charge on any atom is -0.480 e. The molecule has 216 valence electrons. The number of ether oxygens (including phenoxy) is 2. The molecule has 8 nitrogen and oxygen atoms in total. The number of hydrogen-bond donors (Lipinski definition) is 2. The first-order chi connectivity index (χ1) is 20.1. The van der Waals surface area contributed by atoms with Crippen LogP contribution in [0.15, 0.2) is 108 Å². The van der Waals surface area contributed by atoms with Gasteiger partial charge in [0.1, 0.15) is 17.0 Å². The Morgan fingerprint density at radius 2 is 1.55 bits per heavy atom. The van der Waals surface area contributed by atoms with Gasteiger partial charge in [0, 0.05) is 10.9 Å². The molecule has 42 heavy (non-hydrogen) atoms. The van der Waals surface area contributed by atoms with Crippen molar-refractivity contribution in [3.63, 3.8) is 0 Å². The van der Waals surface area contributed by atoms with E-state index in [2.05, 4.69) is 5.32 Å². The average molecular weight is 606 g/mol. The topological polar surface area (TPSA) is 119 Å². The molecule has 0 heterocycles. The van der Waals surface area contributed by atoms with E-state index in [0.717, 1.165) is 11.1 Å². The molecule has 0 saturated heterocycles. The van der Waals surface area contributed by atoms with Crippen molar-refractivity contribution >= 4 is 33.4 Å². The summed E-state index contributed by atoms with van der Waals surface area (Å²) in [4.78, 5) is 25.5. The van der Waals surface area contributed by atoms with E-state index in [9.17, 15) is 23.1 Å². The van der Waals surface area contributed by atoms with Crippen molar-refractivity contribution in [3.8, 4) is 22.6 Å². The molecule has 2 N–H and O–H groups in total. The van der Waals surface area contributed by atoms with E-state index in [1.54, 1.807) is 79.7 Å². The van der Waals surface area contributed by atoms with Crippen LogP contribution in [0.5, 0.6) is 11.5 Å². The predicted molar refractivity (Wildman–Crippen MR) is 158 cm³/mol. The summed E-state index contributed by atoms with van der Waals surface area (Å²) >= 11 is 5.97. The van der Waals surface area contributed by atoms with Gasteiger partial charge in [-0.1, -0.05) is 66.2 Å². The molecule has 1 saturated carbocycles. The Morgan fingerprint density at radius 3 is 2.17 bits per heavy atom. The molecule has 1 aliphatic rings. The second kappa shape index (κ2) is 12.0. The van der Waals surface area contributed by atoms with Crippen LogP contribution in [0.4, 0.5) is 0 Å². The van der Waals surface area contributed by atoms with Gasteiger partial charge in [0.2, 0.25) is 15.2 Å². The van der Waals surface area contributed by atoms with Gasteiger partial charge in [-0.25, -0.2) is 13.2 Å². The van der Waals surface area contributed by atoms with Crippen LogP contribution >= 0.6 is 11.6 Å². The molecule has 0 aromatic heterocycles. The Balaban J connectivity index is 1.42. The average Bonchev–Trinajstić information content (AvgIpc) is 3.73. The van der Waals surface area contributed by atoms with Crippen molar-refractivity contribution in [3.05, 3.63) is 114 Å². The fourth-order valence-corrected chi connectivity index (χ4v) is 6.47. The fraction of sp³-hybridized carbons (Fsp3) is 0.188. The van der Waals surface area contributed by atoms with E-state index in [0.29, 0.717) is 22.1 Å². The molecule has 10 heteroatoms. The lowest BCUT2D eigenvalue weighted by atomic mass is 10.1. The largest absolute Gasteiger partial charge is 0.480 e. The summed E-state index contributed by atoms with van der Waals surface area (Å²) in [7, 11) is -4.40. The van der Waals surface area contributed by atoms with Crippen molar-refractivity contribution < 1.29 is 32.6 Å². The Hall–Kier alpha value is -4.18. The molecular weight excluding hydrogens is 578 g/mol. The minimum absolute atomic E-state index is 0.0675. The summed E-state index contributed by atoms with van der Waals surface area (Å²) in [6.45, 7) is 1.47.